The van der Waals surface area contributed by atoms with Crippen LogP contribution in [-0.4, -0.2) is 46.9 Å². The molecule has 0 unspecified atom stereocenters. The maximum atomic E-state index is 14.8. The second-order valence-electron chi connectivity index (χ2n) is 8.99. The minimum atomic E-state index is -5.07. The number of carbonyl (C=O) groups is 1. The fourth-order valence-corrected chi connectivity index (χ4v) is 4.73. The van der Waals surface area contributed by atoms with Crippen LogP contribution in [0.1, 0.15) is 46.6 Å². The first-order valence-electron chi connectivity index (χ1n) is 11.3. The number of hydrogen-bond donors (Lipinski definition) is 1. The molecule has 1 aliphatic rings. The third-order valence-corrected chi connectivity index (χ3v) is 7.44. The molecule has 40 heavy (non-hydrogen) atoms. The molecular formula is C23H18F7N5O4S. The summed E-state index contributed by atoms with van der Waals surface area (Å²) >= 11 is 0. The van der Waals surface area contributed by atoms with Gasteiger partial charge in [0.1, 0.15) is 11.0 Å². The van der Waals surface area contributed by atoms with Gasteiger partial charge >= 0.3 is 12.4 Å². The van der Waals surface area contributed by atoms with E-state index < -0.39 is 73.7 Å². The van der Waals surface area contributed by atoms with Gasteiger partial charge in [-0.25, -0.2) is 18.4 Å². The average molecular weight is 593 g/mol. The number of amides is 1. The van der Waals surface area contributed by atoms with E-state index in [9.17, 15) is 43.9 Å². The zero-order chi connectivity index (χ0) is 29.7. The molecule has 1 amide bonds. The van der Waals surface area contributed by atoms with Gasteiger partial charge in [0, 0.05) is 11.9 Å². The number of halogens is 7. The summed E-state index contributed by atoms with van der Waals surface area (Å²) in [6, 6.07) is 4.79. The number of anilines is 1. The highest BCUT2D eigenvalue weighted by atomic mass is 32.2. The van der Waals surface area contributed by atoms with E-state index in [0.717, 1.165) is 19.2 Å². The first-order valence-corrected chi connectivity index (χ1v) is 13.2. The number of sulfone groups is 1. The average Bonchev–Trinajstić information content (AvgIpc) is 2.78. The molecule has 1 saturated carbocycles. The van der Waals surface area contributed by atoms with Crippen molar-refractivity contribution in [2.45, 2.75) is 48.8 Å². The molecular weight excluding hydrogens is 575 g/mol. The highest BCUT2D eigenvalue weighted by Gasteiger charge is 2.60. The Hall–Kier alpha value is -3.89. The van der Waals surface area contributed by atoms with Crippen molar-refractivity contribution in [3.8, 4) is 11.8 Å². The topological polar surface area (TPSA) is 124 Å². The Morgan fingerprint density at radius 2 is 1.75 bits per heavy atom. The van der Waals surface area contributed by atoms with Gasteiger partial charge in [-0.1, -0.05) is 12.5 Å². The molecule has 0 aliphatic heterocycles. The highest BCUT2D eigenvalue weighted by molar-refractivity contribution is 7.90. The van der Waals surface area contributed by atoms with Crippen molar-refractivity contribution in [2.24, 2.45) is 0 Å². The Morgan fingerprint density at radius 3 is 2.27 bits per heavy atom. The minimum absolute atomic E-state index is 0.128. The maximum Gasteiger partial charge on any atom is 0.435 e. The van der Waals surface area contributed by atoms with Crippen molar-refractivity contribution in [3.63, 3.8) is 0 Å². The third-order valence-electron chi connectivity index (χ3n) is 6.33. The fraction of sp³-hybridized carbons (Fsp3) is 0.348. The van der Waals surface area contributed by atoms with Crippen molar-refractivity contribution in [1.82, 2.24) is 20.2 Å². The number of carbonyl (C=O) groups excluding carboxylic acids is 1. The molecule has 0 bridgehead atoms. The number of hydrogen-bond acceptors (Lipinski definition) is 8. The van der Waals surface area contributed by atoms with Gasteiger partial charge in [-0.2, -0.15) is 30.7 Å². The van der Waals surface area contributed by atoms with Gasteiger partial charge in [0.05, 0.1) is 16.8 Å². The van der Waals surface area contributed by atoms with Crippen LogP contribution in [0.15, 0.2) is 35.4 Å². The highest BCUT2D eigenvalue weighted by Crippen LogP contribution is 2.54. The first kappa shape index (κ1) is 29.1. The van der Waals surface area contributed by atoms with Crippen LogP contribution in [0.25, 0.3) is 0 Å². The second kappa shape index (κ2) is 9.94. The molecule has 9 nitrogen and oxygen atoms in total. The molecule has 1 aromatic carbocycles. The molecule has 214 valence electrons. The van der Waals surface area contributed by atoms with Gasteiger partial charge in [-0.05, 0) is 43.5 Å². The Balaban J connectivity index is 1.73. The lowest BCUT2D eigenvalue weighted by Crippen LogP contribution is -2.48. The largest absolute Gasteiger partial charge is 0.435 e. The van der Waals surface area contributed by atoms with Crippen molar-refractivity contribution < 1.29 is 48.7 Å². The van der Waals surface area contributed by atoms with E-state index in [1.54, 1.807) is 0 Å². The Bertz CT molecular complexity index is 1590. The smallest absolute Gasteiger partial charge is 0.414 e. The summed E-state index contributed by atoms with van der Waals surface area (Å²) in [6.07, 6.45) is -8.71. The van der Waals surface area contributed by atoms with Crippen molar-refractivity contribution >= 4 is 21.4 Å². The number of nitrogens with one attached hydrogen (secondary N) is 1. The lowest BCUT2D eigenvalue weighted by Gasteiger charge is -2.42. The number of ether oxygens (including phenoxy) is 1. The molecule has 1 N–H and O–H groups in total. The zero-order valence-electron chi connectivity index (χ0n) is 20.5. The molecule has 3 aromatic rings. The van der Waals surface area contributed by atoms with E-state index >= 15 is 0 Å². The summed E-state index contributed by atoms with van der Waals surface area (Å²) in [5, 5.41) is 8.46. The van der Waals surface area contributed by atoms with Gasteiger partial charge in [0.2, 0.25) is 0 Å². The van der Waals surface area contributed by atoms with Gasteiger partial charge < -0.3 is 10.1 Å². The van der Waals surface area contributed by atoms with Crippen molar-refractivity contribution in [1.29, 1.82) is 0 Å². The maximum absolute atomic E-state index is 14.8. The number of benzene rings is 1. The van der Waals surface area contributed by atoms with E-state index in [0.29, 0.717) is 6.20 Å². The molecule has 2 aromatic heterocycles. The Morgan fingerprint density at radius 1 is 1.07 bits per heavy atom. The summed E-state index contributed by atoms with van der Waals surface area (Å²) in [7, 11) is -3.71. The summed E-state index contributed by atoms with van der Waals surface area (Å²) in [6.45, 7) is 0.862. The van der Waals surface area contributed by atoms with E-state index in [1.807, 2.05) is 0 Å². The molecule has 0 radical (unpaired) electrons. The normalized spacial score (nSPS) is 15.3. The van der Waals surface area contributed by atoms with Crippen LogP contribution >= 0.6 is 0 Å². The minimum Gasteiger partial charge on any atom is -0.414 e. The van der Waals surface area contributed by atoms with Crippen LogP contribution in [-0.2, 0) is 21.4 Å². The van der Waals surface area contributed by atoms with Crippen LogP contribution in [0.4, 0.5) is 36.4 Å². The van der Waals surface area contributed by atoms with Crippen LogP contribution < -0.4 is 10.1 Å². The molecule has 1 aliphatic carbocycles. The standard InChI is InChI=1S/C23H18F7N5O4S/c1-11-15(18(36)32-12-5-3-6-13(9-12)40(2,37)38)19(35-34-16(11)22(25,26)27)39-20-17(24)33-14(10-31-20)21(7-4-8-21)23(28,29)30/h3,5-6,9-10H,4,7-8H2,1-2H3,(H,32,36). The summed E-state index contributed by atoms with van der Waals surface area (Å²) in [5.41, 5.74) is -6.46. The SMILES string of the molecule is Cc1c(C(F)(F)F)nnc(Oc2ncc(C3(C(F)(F)F)CCC3)nc2F)c1C(=O)Nc1cccc(S(C)(=O)=O)c1. The number of rotatable bonds is 6. The quantitative estimate of drug-likeness (QED) is 0.389. The molecule has 0 spiro atoms. The molecule has 17 heteroatoms. The number of alkyl halides is 6. The van der Waals surface area contributed by atoms with Crippen molar-refractivity contribution in [2.75, 3.05) is 11.6 Å². The van der Waals surface area contributed by atoms with Crippen molar-refractivity contribution in [3.05, 3.63) is 58.9 Å². The van der Waals surface area contributed by atoms with E-state index in [1.165, 1.54) is 18.2 Å². The number of nitrogens with zero attached hydrogens (tertiary/aromatic N) is 4. The van der Waals surface area contributed by atoms with Crippen LogP contribution in [0.3, 0.4) is 0 Å². The second-order valence-corrected chi connectivity index (χ2v) is 11.0. The predicted octanol–water partition coefficient (Wildman–Crippen LogP) is 5.17. The molecule has 4 rings (SSSR count). The van der Waals surface area contributed by atoms with Crippen LogP contribution in [0, 0.1) is 12.9 Å². The number of aromatic nitrogens is 4. The Kier molecular flexibility index (Phi) is 7.23. The molecule has 0 saturated heterocycles. The van der Waals surface area contributed by atoms with E-state index in [2.05, 4.69) is 25.5 Å². The first-order chi connectivity index (χ1) is 18.4. The van der Waals surface area contributed by atoms with Gasteiger partial charge in [-0.15, -0.1) is 10.2 Å². The van der Waals surface area contributed by atoms with E-state index in [4.69, 9.17) is 4.74 Å². The van der Waals surface area contributed by atoms with E-state index in [-0.39, 0.29) is 29.8 Å². The summed E-state index contributed by atoms with van der Waals surface area (Å²) < 4.78 is 125. The molecule has 0 atom stereocenters. The van der Waals surface area contributed by atoms with Crippen LogP contribution in [0.5, 0.6) is 11.8 Å². The summed E-state index contributed by atoms with van der Waals surface area (Å²) in [4.78, 5) is 19.7. The van der Waals surface area contributed by atoms with Gasteiger partial charge in [0.15, 0.2) is 15.5 Å². The van der Waals surface area contributed by atoms with Gasteiger partial charge in [-0.3, -0.25) is 4.79 Å². The predicted molar refractivity (Wildman–Crippen MR) is 123 cm³/mol. The van der Waals surface area contributed by atoms with Gasteiger partial charge in [0.25, 0.3) is 23.6 Å². The van der Waals surface area contributed by atoms with Crippen LogP contribution in [0.2, 0.25) is 0 Å². The lowest BCUT2D eigenvalue weighted by molar-refractivity contribution is -0.214. The Labute approximate surface area is 221 Å². The molecule has 1 fully saturated rings. The zero-order valence-corrected chi connectivity index (χ0v) is 21.3. The lowest BCUT2D eigenvalue weighted by atomic mass is 9.66. The summed E-state index contributed by atoms with van der Waals surface area (Å²) in [5.74, 6) is -4.92. The monoisotopic (exact) mass is 593 g/mol. The molecule has 2 heterocycles. The fourth-order valence-electron chi connectivity index (χ4n) is 4.07. The third kappa shape index (κ3) is 5.41.